The molecule has 1 heterocycles. The van der Waals surface area contributed by atoms with Crippen LogP contribution in [0.1, 0.15) is 24.6 Å². The highest BCUT2D eigenvalue weighted by Crippen LogP contribution is 2.52. The fourth-order valence-electron chi connectivity index (χ4n) is 0.803. The van der Waals surface area contributed by atoms with Crippen molar-refractivity contribution in [3.63, 3.8) is 0 Å². The summed E-state index contributed by atoms with van der Waals surface area (Å²) in [5.74, 6) is 1.44. The van der Waals surface area contributed by atoms with Crippen molar-refractivity contribution in [3.8, 4) is 0 Å². The van der Waals surface area contributed by atoms with Gasteiger partial charge in [-0.2, -0.15) is 4.98 Å². The maximum atomic E-state index is 4.98. The van der Waals surface area contributed by atoms with E-state index in [1.165, 1.54) is 0 Å². The van der Waals surface area contributed by atoms with E-state index in [2.05, 4.69) is 26.1 Å². The van der Waals surface area contributed by atoms with E-state index < -0.39 is 0 Å². The van der Waals surface area contributed by atoms with Gasteiger partial charge in [-0.1, -0.05) is 21.1 Å². The molecule has 0 unspecified atom stereocenters. The van der Waals surface area contributed by atoms with Gasteiger partial charge in [0.2, 0.25) is 5.89 Å². The van der Waals surface area contributed by atoms with Crippen molar-refractivity contribution >= 4 is 15.9 Å². The minimum absolute atomic E-state index is 0.0360. The summed E-state index contributed by atoms with van der Waals surface area (Å²) in [6.45, 7) is 1.83. The summed E-state index contributed by atoms with van der Waals surface area (Å²) in [5, 5.41) is 3.71. The number of halogens is 1. The van der Waals surface area contributed by atoms with E-state index in [1.807, 2.05) is 6.92 Å². The molecule has 0 aromatic carbocycles. The molecule has 0 atom stereocenters. The second kappa shape index (κ2) is 1.81. The molecule has 1 aliphatic rings. The van der Waals surface area contributed by atoms with Gasteiger partial charge in [0.05, 0.1) is 0 Å². The predicted octanol–water partition coefficient (Wildman–Crippen LogP) is 1.76. The van der Waals surface area contributed by atoms with Gasteiger partial charge in [-0.15, -0.1) is 0 Å². The summed E-state index contributed by atoms with van der Waals surface area (Å²) in [5.41, 5.74) is 0. The van der Waals surface area contributed by atoms with Crippen LogP contribution in [-0.2, 0) is 4.32 Å². The number of alkyl halides is 1. The maximum absolute atomic E-state index is 4.98. The van der Waals surface area contributed by atoms with Gasteiger partial charge in [-0.3, -0.25) is 0 Å². The zero-order valence-corrected chi connectivity index (χ0v) is 7.18. The Morgan fingerprint density at radius 3 is 2.70 bits per heavy atom. The molecule has 0 saturated heterocycles. The van der Waals surface area contributed by atoms with E-state index >= 15 is 0 Å². The van der Waals surface area contributed by atoms with Crippen LogP contribution in [-0.4, -0.2) is 10.1 Å². The molecule has 1 fully saturated rings. The van der Waals surface area contributed by atoms with Crippen molar-refractivity contribution in [2.24, 2.45) is 0 Å². The fraction of sp³-hybridized carbons (Fsp3) is 0.667. The SMILES string of the molecule is Cc1noc(C2(Br)CC2)n1. The van der Waals surface area contributed by atoms with Crippen LogP contribution in [0.25, 0.3) is 0 Å². The molecule has 10 heavy (non-hydrogen) atoms. The van der Waals surface area contributed by atoms with Crippen LogP contribution >= 0.6 is 15.9 Å². The third-order valence-electron chi connectivity index (χ3n) is 1.60. The van der Waals surface area contributed by atoms with E-state index in [1.54, 1.807) is 0 Å². The van der Waals surface area contributed by atoms with Gasteiger partial charge < -0.3 is 4.52 Å². The lowest BCUT2D eigenvalue weighted by molar-refractivity contribution is 0.371. The summed E-state index contributed by atoms with van der Waals surface area (Å²) < 4.78 is 5.02. The van der Waals surface area contributed by atoms with E-state index in [0.717, 1.165) is 18.7 Å². The van der Waals surface area contributed by atoms with Crippen LogP contribution in [0.4, 0.5) is 0 Å². The second-order valence-corrected chi connectivity index (χ2v) is 4.13. The molecule has 0 N–H and O–H groups in total. The molecule has 1 aromatic heterocycles. The Morgan fingerprint density at radius 2 is 2.30 bits per heavy atom. The van der Waals surface area contributed by atoms with Crippen molar-refractivity contribution in [1.82, 2.24) is 10.1 Å². The largest absolute Gasteiger partial charge is 0.338 e. The number of hydrogen-bond acceptors (Lipinski definition) is 3. The summed E-state index contributed by atoms with van der Waals surface area (Å²) in [6.07, 6.45) is 2.21. The van der Waals surface area contributed by atoms with Crippen molar-refractivity contribution in [2.75, 3.05) is 0 Å². The van der Waals surface area contributed by atoms with Gasteiger partial charge in [0.15, 0.2) is 5.82 Å². The molecule has 0 radical (unpaired) electrons. The van der Waals surface area contributed by atoms with Crippen molar-refractivity contribution < 1.29 is 4.52 Å². The molecule has 0 bridgehead atoms. The van der Waals surface area contributed by atoms with Crippen LogP contribution in [0, 0.1) is 6.92 Å². The monoisotopic (exact) mass is 202 g/mol. The smallest absolute Gasteiger partial charge is 0.243 e. The first kappa shape index (κ1) is 6.34. The lowest BCUT2D eigenvalue weighted by atomic mass is 10.4. The van der Waals surface area contributed by atoms with Gasteiger partial charge >= 0.3 is 0 Å². The Hall–Kier alpha value is -0.380. The molecular formula is C6H7BrN2O. The molecule has 0 aliphatic heterocycles. The second-order valence-electron chi connectivity index (χ2n) is 2.61. The molecule has 1 saturated carbocycles. The first-order valence-electron chi connectivity index (χ1n) is 3.20. The summed E-state index contributed by atoms with van der Waals surface area (Å²) in [4.78, 5) is 4.12. The van der Waals surface area contributed by atoms with E-state index in [4.69, 9.17) is 4.52 Å². The number of rotatable bonds is 1. The quantitative estimate of drug-likeness (QED) is 0.652. The Morgan fingerprint density at radius 1 is 1.60 bits per heavy atom. The van der Waals surface area contributed by atoms with Gasteiger partial charge in [0.1, 0.15) is 4.32 Å². The van der Waals surface area contributed by atoms with Gasteiger partial charge in [-0.05, 0) is 19.8 Å². The lowest BCUT2D eigenvalue weighted by Crippen LogP contribution is -1.94. The first-order valence-corrected chi connectivity index (χ1v) is 4.00. The number of aryl methyl sites for hydroxylation is 1. The average Bonchev–Trinajstić information content (AvgIpc) is 2.45. The van der Waals surface area contributed by atoms with Crippen molar-refractivity contribution in [3.05, 3.63) is 11.7 Å². The first-order chi connectivity index (χ1) is 4.71. The van der Waals surface area contributed by atoms with E-state index in [0.29, 0.717) is 5.82 Å². The highest BCUT2D eigenvalue weighted by atomic mass is 79.9. The Kier molecular flexibility index (Phi) is 1.15. The molecule has 4 heteroatoms. The summed E-state index contributed by atoms with van der Waals surface area (Å²) in [6, 6.07) is 0. The van der Waals surface area contributed by atoms with Crippen LogP contribution in [0.2, 0.25) is 0 Å². The van der Waals surface area contributed by atoms with Gasteiger partial charge in [0.25, 0.3) is 0 Å². The van der Waals surface area contributed by atoms with Crippen LogP contribution in [0.3, 0.4) is 0 Å². The number of hydrogen-bond donors (Lipinski definition) is 0. The number of aromatic nitrogens is 2. The molecule has 0 spiro atoms. The Labute approximate surface area is 66.9 Å². The van der Waals surface area contributed by atoms with E-state index in [-0.39, 0.29) is 4.32 Å². The maximum Gasteiger partial charge on any atom is 0.243 e. The van der Waals surface area contributed by atoms with Crippen molar-refractivity contribution in [1.29, 1.82) is 0 Å². The number of nitrogens with zero attached hydrogens (tertiary/aromatic N) is 2. The zero-order chi connectivity index (χ0) is 7.19. The average molecular weight is 203 g/mol. The highest BCUT2D eigenvalue weighted by Gasteiger charge is 2.46. The standard InChI is InChI=1S/C6H7BrN2O/c1-4-8-5(10-9-4)6(7)2-3-6/h2-3H2,1H3. The molecule has 3 nitrogen and oxygen atoms in total. The van der Waals surface area contributed by atoms with Crippen LogP contribution < -0.4 is 0 Å². The highest BCUT2D eigenvalue weighted by molar-refractivity contribution is 9.09. The van der Waals surface area contributed by atoms with Crippen LogP contribution in [0.15, 0.2) is 4.52 Å². The minimum Gasteiger partial charge on any atom is -0.338 e. The Balaban J connectivity index is 2.34. The topological polar surface area (TPSA) is 38.9 Å². The van der Waals surface area contributed by atoms with Gasteiger partial charge in [-0.25, -0.2) is 0 Å². The summed E-state index contributed by atoms with van der Waals surface area (Å²) >= 11 is 3.51. The predicted molar refractivity (Wildman–Crippen MR) is 38.9 cm³/mol. The van der Waals surface area contributed by atoms with Gasteiger partial charge in [0, 0.05) is 0 Å². The zero-order valence-electron chi connectivity index (χ0n) is 5.59. The normalized spacial score (nSPS) is 21.0. The molecule has 1 aliphatic carbocycles. The molecule has 54 valence electrons. The molecule has 1 aromatic rings. The van der Waals surface area contributed by atoms with Crippen LogP contribution in [0.5, 0.6) is 0 Å². The Bertz CT molecular complexity index is 254. The van der Waals surface area contributed by atoms with E-state index in [9.17, 15) is 0 Å². The minimum atomic E-state index is 0.0360. The molecular weight excluding hydrogens is 196 g/mol. The molecule has 2 rings (SSSR count). The fourth-order valence-corrected chi connectivity index (χ4v) is 1.16. The summed E-state index contributed by atoms with van der Waals surface area (Å²) in [7, 11) is 0. The third-order valence-corrected chi connectivity index (χ3v) is 2.73. The molecule has 0 amide bonds. The van der Waals surface area contributed by atoms with Crippen molar-refractivity contribution in [2.45, 2.75) is 24.1 Å². The lowest BCUT2D eigenvalue weighted by Gasteiger charge is -1.93. The third kappa shape index (κ3) is 0.868.